The Kier molecular flexibility index (Phi) is 10.1. The van der Waals surface area contributed by atoms with Crippen molar-refractivity contribution in [1.82, 2.24) is 9.78 Å². The molecule has 1 heterocycles. The Hall–Kier alpha value is -0.990. The van der Waals surface area contributed by atoms with Gasteiger partial charge in [-0.1, -0.05) is 27.7 Å². The fourth-order valence-corrected chi connectivity index (χ4v) is 0.914. The van der Waals surface area contributed by atoms with E-state index in [2.05, 4.69) is 25.9 Å². The van der Waals surface area contributed by atoms with E-state index in [1.807, 2.05) is 45.5 Å². The minimum atomic E-state index is 0.0371. The lowest BCUT2D eigenvalue weighted by Crippen LogP contribution is -2.21. The Morgan fingerprint density at radius 1 is 1.19 bits per heavy atom. The van der Waals surface area contributed by atoms with Crippen LogP contribution in [0, 0.1) is 0 Å². The van der Waals surface area contributed by atoms with Gasteiger partial charge >= 0.3 is 0 Å². The van der Waals surface area contributed by atoms with Crippen LogP contribution in [-0.4, -0.2) is 16.4 Å². The SMILES string of the molecule is CC.CC.CCOc1cnn(C(C)(C)C)c1. The summed E-state index contributed by atoms with van der Waals surface area (Å²) < 4.78 is 7.20. The summed E-state index contributed by atoms with van der Waals surface area (Å²) in [7, 11) is 0. The lowest BCUT2D eigenvalue weighted by atomic mass is 10.1. The van der Waals surface area contributed by atoms with Gasteiger partial charge < -0.3 is 4.74 Å². The van der Waals surface area contributed by atoms with Crippen LogP contribution in [0.3, 0.4) is 0 Å². The number of hydrogen-bond acceptors (Lipinski definition) is 2. The van der Waals surface area contributed by atoms with Gasteiger partial charge in [0.25, 0.3) is 0 Å². The summed E-state index contributed by atoms with van der Waals surface area (Å²) in [5, 5.41) is 4.20. The normalized spacial score (nSPS) is 9.50. The summed E-state index contributed by atoms with van der Waals surface area (Å²) in [5.41, 5.74) is 0.0371. The highest BCUT2D eigenvalue weighted by Gasteiger charge is 2.13. The smallest absolute Gasteiger partial charge is 0.157 e. The topological polar surface area (TPSA) is 27.1 Å². The maximum atomic E-state index is 5.30. The molecule has 1 aromatic rings. The number of rotatable bonds is 2. The molecule has 0 N–H and O–H groups in total. The standard InChI is InChI=1S/C9H16N2O.2C2H6/c1-5-12-8-6-10-11(7-8)9(2,3)4;2*1-2/h6-7H,5H2,1-4H3;2*1-2H3. The molecule has 3 nitrogen and oxygen atoms in total. The lowest BCUT2D eigenvalue weighted by molar-refractivity contribution is 0.331. The largest absolute Gasteiger partial charge is 0.491 e. The third-order valence-corrected chi connectivity index (χ3v) is 1.56. The first-order chi connectivity index (χ1) is 7.54. The zero-order chi connectivity index (χ0) is 13.2. The molecule has 1 aromatic heterocycles. The number of aromatic nitrogens is 2. The van der Waals surface area contributed by atoms with Crippen LogP contribution < -0.4 is 4.74 Å². The van der Waals surface area contributed by atoms with Crippen LogP contribution >= 0.6 is 0 Å². The zero-order valence-corrected chi connectivity index (χ0v) is 12.2. The van der Waals surface area contributed by atoms with E-state index in [0.29, 0.717) is 6.61 Å². The third-order valence-electron chi connectivity index (χ3n) is 1.56. The lowest BCUT2D eigenvalue weighted by Gasteiger charge is -2.18. The van der Waals surface area contributed by atoms with Crippen molar-refractivity contribution in [1.29, 1.82) is 0 Å². The van der Waals surface area contributed by atoms with Crippen LogP contribution in [0.1, 0.15) is 55.4 Å². The fraction of sp³-hybridized carbons (Fsp3) is 0.769. The van der Waals surface area contributed by atoms with Gasteiger partial charge in [0.05, 0.1) is 24.5 Å². The maximum absolute atomic E-state index is 5.30. The molecule has 0 bridgehead atoms. The van der Waals surface area contributed by atoms with Crippen LogP contribution in [0.2, 0.25) is 0 Å². The van der Waals surface area contributed by atoms with E-state index >= 15 is 0 Å². The molecule has 16 heavy (non-hydrogen) atoms. The van der Waals surface area contributed by atoms with Gasteiger partial charge in [0.1, 0.15) is 0 Å². The molecule has 0 fully saturated rings. The second-order valence-corrected chi connectivity index (χ2v) is 3.72. The molecule has 0 radical (unpaired) electrons. The Bertz CT molecular complexity index is 249. The summed E-state index contributed by atoms with van der Waals surface area (Å²) in [6, 6.07) is 0. The monoisotopic (exact) mass is 228 g/mol. The summed E-state index contributed by atoms with van der Waals surface area (Å²) in [4.78, 5) is 0. The van der Waals surface area contributed by atoms with Crippen molar-refractivity contribution in [3.05, 3.63) is 12.4 Å². The van der Waals surface area contributed by atoms with E-state index in [0.717, 1.165) is 5.75 Å². The van der Waals surface area contributed by atoms with E-state index in [4.69, 9.17) is 4.74 Å². The summed E-state index contributed by atoms with van der Waals surface area (Å²) in [6.45, 7) is 17.0. The van der Waals surface area contributed by atoms with E-state index < -0.39 is 0 Å². The molecule has 96 valence electrons. The van der Waals surface area contributed by atoms with E-state index in [-0.39, 0.29) is 5.54 Å². The van der Waals surface area contributed by atoms with Crippen molar-refractivity contribution in [2.45, 2.75) is 60.9 Å². The molecule has 1 rings (SSSR count). The highest BCUT2D eigenvalue weighted by molar-refractivity contribution is 5.12. The second kappa shape index (κ2) is 9.25. The van der Waals surface area contributed by atoms with E-state index in [9.17, 15) is 0 Å². The van der Waals surface area contributed by atoms with Gasteiger partial charge in [0.2, 0.25) is 0 Å². The predicted octanol–water partition coefficient (Wildman–Crippen LogP) is 4.09. The molecule has 0 saturated heterocycles. The average Bonchev–Trinajstić information content (AvgIpc) is 2.73. The van der Waals surface area contributed by atoms with Gasteiger partial charge in [-0.3, -0.25) is 4.68 Å². The minimum absolute atomic E-state index is 0.0371. The van der Waals surface area contributed by atoms with Gasteiger partial charge in [-0.25, -0.2) is 0 Å². The van der Waals surface area contributed by atoms with E-state index in [1.165, 1.54) is 0 Å². The molecule has 3 heteroatoms. The molecule has 0 aliphatic carbocycles. The van der Waals surface area contributed by atoms with Gasteiger partial charge in [-0.2, -0.15) is 5.10 Å². The molecule has 0 spiro atoms. The zero-order valence-electron chi connectivity index (χ0n) is 12.2. The number of ether oxygens (including phenoxy) is 1. The highest BCUT2D eigenvalue weighted by Crippen LogP contribution is 2.16. The molecule has 0 saturated carbocycles. The molecule has 0 aliphatic heterocycles. The molecular formula is C13H28N2O. The van der Waals surface area contributed by atoms with Crippen molar-refractivity contribution in [2.75, 3.05) is 6.61 Å². The summed E-state index contributed by atoms with van der Waals surface area (Å²) in [6.07, 6.45) is 3.66. The predicted molar refractivity (Wildman–Crippen MR) is 71.1 cm³/mol. The van der Waals surface area contributed by atoms with Gasteiger partial charge in [0, 0.05) is 0 Å². The Morgan fingerprint density at radius 3 is 2.00 bits per heavy atom. The highest BCUT2D eigenvalue weighted by atomic mass is 16.5. The molecule has 0 amide bonds. The van der Waals surface area contributed by atoms with Crippen LogP contribution in [0.4, 0.5) is 0 Å². The van der Waals surface area contributed by atoms with Crippen LogP contribution in [-0.2, 0) is 5.54 Å². The molecule has 0 atom stereocenters. The molecule has 0 unspecified atom stereocenters. The van der Waals surface area contributed by atoms with Gasteiger partial charge in [-0.15, -0.1) is 0 Å². The third kappa shape index (κ3) is 6.49. The van der Waals surface area contributed by atoms with Crippen LogP contribution in [0.25, 0.3) is 0 Å². The Morgan fingerprint density at radius 2 is 1.69 bits per heavy atom. The van der Waals surface area contributed by atoms with Crippen LogP contribution in [0.15, 0.2) is 12.4 Å². The first-order valence-electron chi connectivity index (χ1n) is 6.22. The Labute approximate surface area is 101 Å². The maximum Gasteiger partial charge on any atom is 0.157 e. The number of nitrogens with zero attached hydrogens (tertiary/aromatic N) is 2. The quantitative estimate of drug-likeness (QED) is 0.762. The summed E-state index contributed by atoms with van der Waals surface area (Å²) >= 11 is 0. The fourth-order valence-electron chi connectivity index (χ4n) is 0.914. The van der Waals surface area contributed by atoms with Crippen molar-refractivity contribution in [3.63, 3.8) is 0 Å². The van der Waals surface area contributed by atoms with Crippen molar-refractivity contribution in [2.24, 2.45) is 0 Å². The molecule has 0 aliphatic rings. The first kappa shape index (κ1) is 17.4. The minimum Gasteiger partial charge on any atom is -0.491 e. The molecular weight excluding hydrogens is 200 g/mol. The van der Waals surface area contributed by atoms with Crippen molar-refractivity contribution in [3.8, 4) is 5.75 Å². The Balaban J connectivity index is 0. The molecule has 0 aromatic carbocycles. The van der Waals surface area contributed by atoms with Gasteiger partial charge in [0.15, 0.2) is 5.75 Å². The van der Waals surface area contributed by atoms with Crippen molar-refractivity contribution < 1.29 is 4.74 Å². The van der Waals surface area contributed by atoms with Crippen molar-refractivity contribution >= 4 is 0 Å². The van der Waals surface area contributed by atoms with Crippen LogP contribution in [0.5, 0.6) is 5.75 Å². The number of hydrogen-bond donors (Lipinski definition) is 0. The van der Waals surface area contributed by atoms with E-state index in [1.54, 1.807) is 6.20 Å². The first-order valence-corrected chi connectivity index (χ1v) is 6.22. The second-order valence-electron chi connectivity index (χ2n) is 3.72. The summed E-state index contributed by atoms with van der Waals surface area (Å²) in [5.74, 6) is 0.840. The van der Waals surface area contributed by atoms with Gasteiger partial charge in [-0.05, 0) is 27.7 Å². The average molecular weight is 228 g/mol.